The molecule has 0 amide bonds. The molecule has 0 aromatic carbocycles. The maximum atomic E-state index is 11.7. The van der Waals surface area contributed by atoms with Crippen molar-refractivity contribution in [1.82, 2.24) is 9.97 Å². The van der Waals surface area contributed by atoms with Gasteiger partial charge in [-0.25, -0.2) is 9.78 Å². The van der Waals surface area contributed by atoms with Crippen molar-refractivity contribution >= 4 is 17.6 Å². The number of H-pyrrole nitrogens is 1. The fraction of sp³-hybridized carbons (Fsp3) is 0.400. The Balaban J connectivity index is 3.37. The van der Waals surface area contributed by atoms with Crippen LogP contribution >= 0.6 is 11.6 Å². The standard InChI is InChI=1S/C10H10ClN3O3/c1-3-17-9(16)10(2,4-12)7-6(11)8(15)14-5-13-7/h5H,3H2,1-2H3,(H,13,14,15). The first-order chi connectivity index (χ1) is 7.97. The van der Waals surface area contributed by atoms with E-state index in [1.54, 1.807) is 13.0 Å². The topological polar surface area (TPSA) is 95.8 Å². The molecule has 1 aromatic rings. The number of carbonyl (C=O) groups is 1. The molecule has 1 heterocycles. The van der Waals surface area contributed by atoms with Crippen LogP contribution in [0, 0.1) is 11.3 Å². The lowest BCUT2D eigenvalue weighted by Gasteiger charge is -2.19. The Bertz CT molecular complexity index is 534. The van der Waals surface area contributed by atoms with Gasteiger partial charge in [-0.1, -0.05) is 11.6 Å². The van der Waals surface area contributed by atoms with E-state index in [1.807, 2.05) is 0 Å². The smallest absolute Gasteiger partial charge is 0.332 e. The van der Waals surface area contributed by atoms with Crippen LogP contribution in [0.4, 0.5) is 0 Å². The zero-order valence-corrected chi connectivity index (χ0v) is 10.0. The van der Waals surface area contributed by atoms with Gasteiger partial charge in [-0.2, -0.15) is 5.26 Å². The molecule has 0 fully saturated rings. The van der Waals surface area contributed by atoms with Gasteiger partial charge in [-0.05, 0) is 13.8 Å². The first kappa shape index (κ1) is 13.2. The van der Waals surface area contributed by atoms with E-state index in [9.17, 15) is 9.59 Å². The summed E-state index contributed by atoms with van der Waals surface area (Å²) in [5.74, 6) is -0.789. The monoisotopic (exact) mass is 255 g/mol. The number of nitrogens with zero attached hydrogens (tertiary/aromatic N) is 2. The Kier molecular flexibility index (Phi) is 3.86. The first-order valence-corrected chi connectivity index (χ1v) is 5.17. The van der Waals surface area contributed by atoms with E-state index >= 15 is 0 Å². The van der Waals surface area contributed by atoms with Crippen LogP contribution in [0.3, 0.4) is 0 Å². The molecule has 1 aromatic heterocycles. The van der Waals surface area contributed by atoms with Crippen LogP contribution < -0.4 is 5.56 Å². The van der Waals surface area contributed by atoms with Crippen LogP contribution in [0.15, 0.2) is 11.1 Å². The summed E-state index contributed by atoms with van der Waals surface area (Å²) in [7, 11) is 0. The van der Waals surface area contributed by atoms with Crippen molar-refractivity contribution in [3.63, 3.8) is 0 Å². The van der Waals surface area contributed by atoms with Crippen molar-refractivity contribution in [1.29, 1.82) is 5.26 Å². The molecule has 0 spiro atoms. The van der Waals surface area contributed by atoms with Gasteiger partial charge in [0.1, 0.15) is 5.02 Å². The summed E-state index contributed by atoms with van der Waals surface area (Å²) in [6, 6.07) is 1.77. The molecule has 1 N–H and O–H groups in total. The molecular formula is C10H10ClN3O3. The van der Waals surface area contributed by atoms with Crippen LogP contribution in [0.5, 0.6) is 0 Å². The molecule has 0 saturated heterocycles. The van der Waals surface area contributed by atoms with Gasteiger partial charge in [0.25, 0.3) is 5.56 Å². The van der Waals surface area contributed by atoms with Crippen LogP contribution in [-0.4, -0.2) is 22.5 Å². The highest BCUT2D eigenvalue weighted by Crippen LogP contribution is 2.26. The van der Waals surface area contributed by atoms with Crippen molar-refractivity contribution in [2.45, 2.75) is 19.3 Å². The molecule has 1 rings (SSSR count). The molecule has 0 bridgehead atoms. The highest BCUT2D eigenvalue weighted by atomic mass is 35.5. The van der Waals surface area contributed by atoms with Gasteiger partial charge in [-0.3, -0.25) is 4.79 Å². The Morgan fingerprint density at radius 3 is 2.94 bits per heavy atom. The second-order valence-corrected chi connectivity index (χ2v) is 3.73. The molecule has 0 radical (unpaired) electrons. The van der Waals surface area contributed by atoms with Gasteiger partial charge in [-0.15, -0.1) is 0 Å². The number of esters is 1. The number of halogens is 1. The van der Waals surface area contributed by atoms with E-state index in [0.29, 0.717) is 0 Å². The van der Waals surface area contributed by atoms with E-state index in [1.165, 1.54) is 6.92 Å². The number of carbonyl (C=O) groups excluding carboxylic acids is 1. The summed E-state index contributed by atoms with van der Waals surface area (Å²) < 4.78 is 4.77. The Morgan fingerprint density at radius 1 is 1.76 bits per heavy atom. The highest BCUT2D eigenvalue weighted by Gasteiger charge is 2.41. The molecular weight excluding hydrogens is 246 g/mol. The second-order valence-electron chi connectivity index (χ2n) is 3.35. The van der Waals surface area contributed by atoms with E-state index in [2.05, 4.69) is 9.97 Å². The lowest BCUT2D eigenvalue weighted by atomic mass is 9.88. The molecule has 0 aliphatic rings. The average Bonchev–Trinajstić information content (AvgIpc) is 2.32. The summed E-state index contributed by atoms with van der Waals surface area (Å²) in [6.07, 6.45) is 1.08. The molecule has 0 aliphatic carbocycles. The predicted octanol–water partition coefficient (Wildman–Crippen LogP) is 0.768. The van der Waals surface area contributed by atoms with E-state index in [-0.39, 0.29) is 17.3 Å². The minimum Gasteiger partial charge on any atom is -0.465 e. The largest absolute Gasteiger partial charge is 0.465 e. The minimum atomic E-state index is -1.69. The van der Waals surface area contributed by atoms with Crippen molar-refractivity contribution < 1.29 is 9.53 Å². The molecule has 90 valence electrons. The number of rotatable bonds is 3. The highest BCUT2D eigenvalue weighted by molar-refractivity contribution is 6.31. The van der Waals surface area contributed by atoms with Gasteiger partial charge in [0, 0.05) is 0 Å². The fourth-order valence-electron chi connectivity index (χ4n) is 1.20. The maximum absolute atomic E-state index is 11.7. The fourth-order valence-corrected chi connectivity index (χ4v) is 1.49. The summed E-state index contributed by atoms with van der Waals surface area (Å²) in [5.41, 5.74) is -2.41. The number of aromatic nitrogens is 2. The molecule has 0 saturated carbocycles. The summed E-state index contributed by atoms with van der Waals surface area (Å²) >= 11 is 5.74. The van der Waals surface area contributed by atoms with Gasteiger partial charge in [0.2, 0.25) is 0 Å². The van der Waals surface area contributed by atoms with Crippen molar-refractivity contribution in [2.75, 3.05) is 6.61 Å². The van der Waals surface area contributed by atoms with Crippen LogP contribution in [0.25, 0.3) is 0 Å². The predicted molar refractivity (Wildman–Crippen MR) is 59.5 cm³/mol. The number of ether oxygens (including phenoxy) is 1. The van der Waals surface area contributed by atoms with Crippen molar-refractivity contribution in [3.8, 4) is 6.07 Å². The zero-order chi connectivity index (χ0) is 13.1. The average molecular weight is 256 g/mol. The summed E-state index contributed by atoms with van der Waals surface area (Å²) in [6.45, 7) is 3.04. The number of hydrogen-bond donors (Lipinski definition) is 1. The maximum Gasteiger partial charge on any atom is 0.332 e. The summed E-state index contributed by atoms with van der Waals surface area (Å²) in [4.78, 5) is 29.0. The molecule has 6 nitrogen and oxygen atoms in total. The Labute approximate surface area is 102 Å². The molecule has 17 heavy (non-hydrogen) atoms. The third-order valence-corrected chi connectivity index (χ3v) is 2.53. The lowest BCUT2D eigenvalue weighted by molar-refractivity contribution is -0.147. The van der Waals surface area contributed by atoms with E-state index in [4.69, 9.17) is 21.6 Å². The number of nitrogens with one attached hydrogen (secondary N) is 1. The molecule has 7 heteroatoms. The van der Waals surface area contributed by atoms with Gasteiger partial charge in [0.15, 0.2) is 5.41 Å². The van der Waals surface area contributed by atoms with Crippen LogP contribution in [0.1, 0.15) is 19.5 Å². The zero-order valence-electron chi connectivity index (χ0n) is 9.28. The lowest BCUT2D eigenvalue weighted by Crippen LogP contribution is -2.35. The third kappa shape index (κ3) is 2.29. The second kappa shape index (κ2) is 4.97. The summed E-state index contributed by atoms with van der Waals surface area (Å²) in [5, 5.41) is 8.80. The third-order valence-electron chi connectivity index (χ3n) is 2.18. The first-order valence-electron chi connectivity index (χ1n) is 4.79. The van der Waals surface area contributed by atoms with Gasteiger partial charge >= 0.3 is 5.97 Å². The van der Waals surface area contributed by atoms with Crippen molar-refractivity contribution in [3.05, 3.63) is 27.4 Å². The van der Waals surface area contributed by atoms with Gasteiger partial charge in [0.05, 0.1) is 24.7 Å². The SMILES string of the molecule is CCOC(=O)C(C)(C#N)c1nc[nH]c(=O)c1Cl. The molecule has 1 unspecified atom stereocenters. The Morgan fingerprint density at radius 2 is 2.41 bits per heavy atom. The number of hydrogen-bond acceptors (Lipinski definition) is 5. The minimum absolute atomic E-state index is 0.108. The van der Waals surface area contributed by atoms with Crippen LogP contribution in [-0.2, 0) is 14.9 Å². The molecule has 0 aliphatic heterocycles. The Hall–Kier alpha value is -1.87. The van der Waals surface area contributed by atoms with Gasteiger partial charge < -0.3 is 9.72 Å². The quantitative estimate of drug-likeness (QED) is 0.805. The van der Waals surface area contributed by atoms with E-state index < -0.39 is 16.9 Å². The van der Waals surface area contributed by atoms with Crippen LogP contribution in [0.2, 0.25) is 5.02 Å². The van der Waals surface area contributed by atoms with E-state index in [0.717, 1.165) is 6.33 Å². The number of aromatic amines is 1. The normalized spacial score (nSPS) is 13.5. The van der Waals surface area contributed by atoms with Crippen molar-refractivity contribution in [2.24, 2.45) is 0 Å². The molecule has 1 atom stereocenters. The number of nitriles is 1.